The topological polar surface area (TPSA) is 55.6 Å². The Morgan fingerprint density at radius 3 is 2.58 bits per heavy atom. The van der Waals surface area contributed by atoms with Crippen LogP contribution in [-0.2, 0) is 4.79 Å². The van der Waals surface area contributed by atoms with E-state index in [4.69, 9.17) is 10.5 Å². The van der Waals surface area contributed by atoms with Gasteiger partial charge in [-0.25, -0.2) is 0 Å². The number of carbonyl (C=O) groups is 1. The van der Waals surface area contributed by atoms with Crippen molar-refractivity contribution in [3.05, 3.63) is 29.8 Å². The number of amides is 1. The molecule has 19 heavy (non-hydrogen) atoms. The summed E-state index contributed by atoms with van der Waals surface area (Å²) in [5, 5.41) is 0. The van der Waals surface area contributed by atoms with Gasteiger partial charge in [-0.1, -0.05) is 18.2 Å². The maximum Gasteiger partial charge on any atom is 0.222 e. The molecule has 0 radical (unpaired) electrons. The van der Waals surface area contributed by atoms with E-state index in [1.165, 1.54) is 0 Å². The predicted molar refractivity (Wildman–Crippen MR) is 77.1 cm³/mol. The Morgan fingerprint density at radius 2 is 2.00 bits per heavy atom. The van der Waals surface area contributed by atoms with Crippen LogP contribution in [0.15, 0.2) is 24.3 Å². The number of carbonyl (C=O) groups excluding carboxylic acids is 1. The summed E-state index contributed by atoms with van der Waals surface area (Å²) >= 11 is 0. The molecule has 0 bridgehead atoms. The van der Waals surface area contributed by atoms with Crippen LogP contribution in [0.25, 0.3) is 0 Å². The second-order valence-electron chi connectivity index (χ2n) is 4.94. The van der Waals surface area contributed by atoms with Crippen molar-refractivity contribution in [2.24, 2.45) is 5.73 Å². The first-order chi connectivity index (χ1) is 8.97. The minimum atomic E-state index is -0.0169. The number of methoxy groups -OCH3 is 1. The number of rotatable bonds is 6. The summed E-state index contributed by atoms with van der Waals surface area (Å²) in [5.41, 5.74) is 6.70. The molecular formula is C15H24N2O2. The van der Waals surface area contributed by atoms with Crippen LogP contribution in [-0.4, -0.2) is 31.0 Å². The lowest BCUT2D eigenvalue weighted by Crippen LogP contribution is -2.31. The van der Waals surface area contributed by atoms with Crippen LogP contribution >= 0.6 is 0 Å². The zero-order valence-corrected chi connectivity index (χ0v) is 12.2. The van der Waals surface area contributed by atoms with Gasteiger partial charge in [0.25, 0.3) is 0 Å². The molecule has 0 aliphatic carbocycles. The molecule has 1 aromatic rings. The van der Waals surface area contributed by atoms with E-state index in [1.807, 2.05) is 45.2 Å². The fourth-order valence-electron chi connectivity index (χ4n) is 1.96. The second-order valence-corrected chi connectivity index (χ2v) is 4.94. The number of benzene rings is 1. The largest absolute Gasteiger partial charge is 0.496 e. The Hall–Kier alpha value is -1.55. The molecule has 0 heterocycles. The normalized spacial score (nSPS) is 13.7. The quantitative estimate of drug-likeness (QED) is 0.858. The highest BCUT2D eigenvalue weighted by atomic mass is 16.5. The van der Waals surface area contributed by atoms with Gasteiger partial charge in [0, 0.05) is 25.1 Å². The molecule has 0 aliphatic rings. The van der Waals surface area contributed by atoms with E-state index in [0.717, 1.165) is 11.3 Å². The molecule has 0 saturated carbocycles. The number of hydrogen-bond acceptors (Lipinski definition) is 3. The number of nitrogens with zero attached hydrogens (tertiary/aromatic N) is 1. The monoisotopic (exact) mass is 264 g/mol. The van der Waals surface area contributed by atoms with Gasteiger partial charge in [-0.3, -0.25) is 4.79 Å². The molecule has 0 aliphatic heterocycles. The highest BCUT2D eigenvalue weighted by molar-refractivity contribution is 5.76. The van der Waals surface area contributed by atoms with Crippen molar-refractivity contribution in [3.63, 3.8) is 0 Å². The van der Waals surface area contributed by atoms with Crippen LogP contribution < -0.4 is 10.5 Å². The molecule has 4 heteroatoms. The Bertz CT molecular complexity index is 418. The van der Waals surface area contributed by atoms with Gasteiger partial charge in [-0.2, -0.15) is 0 Å². The van der Waals surface area contributed by atoms with Gasteiger partial charge in [0.2, 0.25) is 5.91 Å². The highest BCUT2D eigenvalue weighted by Gasteiger charge is 2.19. The van der Waals surface area contributed by atoms with Crippen LogP contribution in [0, 0.1) is 0 Å². The number of ether oxygens (including phenoxy) is 1. The van der Waals surface area contributed by atoms with Gasteiger partial charge in [0.15, 0.2) is 0 Å². The van der Waals surface area contributed by atoms with Crippen LogP contribution in [0.5, 0.6) is 5.75 Å². The van der Waals surface area contributed by atoms with Crippen molar-refractivity contribution in [2.75, 3.05) is 14.2 Å². The van der Waals surface area contributed by atoms with Crippen molar-refractivity contribution in [1.82, 2.24) is 4.90 Å². The van der Waals surface area contributed by atoms with E-state index < -0.39 is 0 Å². The van der Waals surface area contributed by atoms with Crippen LogP contribution in [0.3, 0.4) is 0 Å². The first kappa shape index (κ1) is 15.5. The average Bonchev–Trinajstić information content (AvgIpc) is 2.42. The van der Waals surface area contributed by atoms with Gasteiger partial charge in [-0.15, -0.1) is 0 Å². The van der Waals surface area contributed by atoms with Crippen molar-refractivity contribution in [1.29, 1.82) is 0 Å². The van der Waals surface area contributed by atoms with Gasteiger partial charge >= 0.3 is 0 Å². The third-order valence-corrected chi connectivity index (χ3v) is 3.38. The van der Waals surface area contributed by atoms with Gasteiger partial charge in [-0.05, 0) is 26.3 Å². The van der Waals surface area contributed by atoms with Crippen LogP contribution in [0.1, 0.15) is 38.3 Å². The van der Waals surface area contributed by atoms with Crippen molar-refractivity contribution in [2.45, 2.75) is 38.8 Å². The van der Waals surface area contributed by atoms with E-state index in [1.54, 1.807) is 12.0 Å². The lowest BCUT2D eigenvalue weighted by atomic mass is 10.1. The fraction of sp³-hybridized carbons (Fsp3) is 0.533. The summed E-state index contributed by atoms with van der Waals surface area (Å²) in [6.45, 7) is 3.92. The first-order valence-electron chi connectivity index (χ1n) is 6.61. The minimum absolute atomic E-state index is 0.0169. The molecule has 1 amide bonds. The molecule has 1 rings (SSSR count). The third-order valence-electron chi connectivity index (χ3n) is 3.38. The van der Waals surface area contributed by atoms with E-state index in [0.29, 0.717) is 12.8 Å². The SMILES string of the molecule is COc1ccccc1C(C)N(C)C(=O)CCC(C)N. The number of nitrogens with two attached hydrogens (primary N) is 1. The first-order valence-corrected chi connectivity index (χ1v) is 6.61. The van der Waals surface area contributed by atoms with Crippen molar-refractivity contribution < 1.29 is 9.53 Å². The Balaban J connectivity index is 2.75. The Labute approximate surface area is 115 Å². The van der Waals surface area contributed by atoms with Gasteiger partial charge in [0.1, 0.15) is 5.75 Å². The van der Waals surface area contributed by atoms with Crippen molar-refractivity contribution >= 4 is 5.91 Å². The molecule has 2 atom stereocenters. The van der Waals surface area contributed by atoms with Gasteiger partial charge in [0.05, 0.1) is 13.2 Å². The molecule has 0 aromatic heterocycles. The van der Waals surface area contributed by atoms with Crippen LogP contribution in [0.4, 0.5) is 0 Å². The fourth-order valence-corrected chi connectivity index (χ4v) is 1.96. The highest BCUT2D eigenvalue weighted by Crippen LogP contribution is 2.28. The summed E-state index contributed by atoms with van der Waals surface area (Å²) < 4.78 is 5.34. The zero-order valence-electron chi connectivity index (χ0n) is 12.2. The molecule has 106 valence electrons. The molecule has 1 aromatic carbocycles. The van der Waals surface area contributed by atoms with Crippen LogP contribution in [0.2, 0.25) is 0 Å². The maximum absolute atomic E-state index is 12.1. The second kappa shape index (κ2) is 7.14. The standard InChI is InChI=1S/C15H24N2O2/c1-11(16)9-10-15(18)17(3)12(2)13-7-5-6-8-14(13)19-4/h5-8,11-12H,9-10,16H2,1-4H3. The lowest BCUT2D eigenvalue weighted by molar-refractivity contribution is -0.132. The summed E-state index contributed by atoms with van der Waals surface area (Å²) in [5.74, 6) is 0.914. The molecule has 0 spiro atoms. The van der Waals surface area contributed by atoms with E-state index in [9.17, 15) is 4.79 Å². The summed E-state index contributed by atoms with van der Waals surface area (Å²) in [6, 6.07) is 7.81. The third kappa shape index (κ3) is 4.24. The Kier molecular flexibility index (Phi) is 5.83. The summed E-state index contributed by atoms with van der Waals surface area (Å²) in [6.07, 6.45) is 1.19. The zero-order chi connectivity index (χ0) is 14.4. The smallest absolute Gasteiger partial charge is 0.222 e. The molecule has 4 nitrogen and oxygen atoms in total. The lowest BCUT2D eigenvalue weighted by Gasteiger charge is -2.27. The van der Waals surface area contributed by atoms with E-state index in [2.05, 4.69) is 0 Å². The molecule has 0 saturated heterocycles. The summed E-state index contributed by atoms with van der Waals surface area (Å²) in [4.78, 5) is 13.8. The molecule has 0 fully saturated rings. The number of hydrogen-bond donors (Lipinski definition) is 1. The van der Waals surface area contributed by atoms with E-state index in [-0.39, 0.29) is 18.0 Å². The van der Waals surface area contributed by atoms with Gasteiger partial charge < -0.3 is 15.4 Å². The maximum atomic E-state index is 12.1. The summed E-state index contributed by atoms with van der Waals surface area (Å²) in [7, 11) is 3.46. The molecule has 2 N–H and O–H groups in total. The number of para-hydroxylation sites is 1. The Morgan fingerprint density at radius 1 is 1.37 bits per heavy atom. The average molecular weight is 264 g/mol. The molecule has 2 unspecified atom stereocenters. The van der Waals surface area contributed by atoms with Crippen molar-refractivity contribution in [3.8, 4) is 5.75 Å². The minimum Gasteiger partial charge on any atom is -0.496 e. The van der Waals surface area contributed by atoms with E-state index >= 15 is 0 Å². The molecular weight excluding hydrogens is 240 g/mol. The predicted octanol–water partition coefficient (Wildman–Crippen LogP) is 2.34.